The zero-order valence-electron chi connectivity index (χ0n) is 13.1. The van der Waals surface area contributed by atoms with E-state index in [0.717, 1.165) is 16.9 Å². The quantitative estimate of drug-likeness (QED) is 0.675. The molecule has 24 heavy (non-hydrogen) atoms. The SMILES string of the molecule is O=S(=O)(Cc1ccccc1COc1ccccc1)c1ccccc1. The number of para-hydroxylation sites is 1. The van der Waals surface area contributed by atoms with Crippen LogP contribution in [0.25, 0.3) is 0 Å². The van der Waals surface area contributed by atoms with Crippen LogP contribution in [-0.4, -0.2) is 8.42 Å². The van der Waals surface area contributed by atoms with Crippen LogP contribution in [0.1, 0.15) is 11.1 Å². The van der Waals surface area contributed by atoms with Gasteiger partial charge in [-0.25, -0.2) is 8.42 Å². The highest BCUT2D eigenvalue weighted by molar-refractivity contribution is 7.90. The van der Waals surface area contributed by atoms with E-state index in [1.165, 1.54) is 0 Å². The van der Waals surface area contributed by atoms with Crippen molar-refractivity contribution in [2.75, 3.05) is 0 Å². The van der Waals surface area contributed by atoms with Gasteiger partial charge in [-0.3, -0.25) is 0 Å². The molecule has 3 aromatic rings. The van der Waals surface area contributed by atoms with Crippen LogP contribution >= 0.6 is 0 Å². The molecule has 0 heterocycles. The maximum atomic E-state index is 12.6. The van der Waals surface area contributed by atoms with Crippen molar-refractivity contribution < 1.29 is 13.2 Å². The number of benzene rings is 3. The van der Waals surface area contributed by atoms with Gasteiger partial charge in [-0.15, -0.1) is 0 Å². The van der Waals surface area contributed by atoms with Gasteiger partial charge in [-0.1, -0.05) is 60.7 Å². The lowest BCUT2D eigenvalue weighted by atomic mass is 10.1. The average Bonchev–Trinajstić information content (AvgIpc) is 2.62. The Morgan fingerprint density at radius 3 is 1.88 bits per heavy atom. The smallest absolute Gasteiger partial charge is 0.182 e. The minimum atomic E-state index is -3.37. The Balaban J connectivity index is 1.79. The summed E-state index contributed by atoms with van der Waals surface area (Å²) < 4.78 is 30.9. The molecule has 122 valence electrons. The van der Waals surface area contributed by atoms with E-state index in [1.807, 2.05) is 54.6 Å². The zero-order valence-corrected chi connectivity index (χ0v) is 13.9. The van der Waals surface area contributed by atoms with Crippen LogP contribution in [0, 0.1) is 0 Å². The van der Waals surface area contributed by atoms with Gasteiger partial charge in [0.05, 0.1) is 10.6 Å². The van der Waals surface area contributed by atoms with Crippen LogP contribution in [0.15, 0.2) is 89.8 Å². The molecule has 0 atom stereocenters. The maximum Gasteiger partial charge on any atom is 0.182 e. The molecule has 3 nitrogen and oxygen atoms in total. The molecule has 0 aliphatic heterocycles. The fourth-order valence-corrected chi connectivity index (χ4v) is 3.86. The van der Waals surface area contributed by atoms with Crippen molar-refractivity contribution in [3.8, 4) is 5.75 Å². The Morgan fingerprint density at radius 1 is 0.667 bits per heavy atom. The van der Waals surface area contributed by atoms with E-state index in [-0.39, 0.29) is 5.75 Å². The third kappa shape index (κ3) is 4.03. The molecular weight excluding hydrogens is 320 g/mol. The average molecular weight is 338 g/mol. The van der Waals surface area contributed by atoms with E-state index in [2.05, 4.69) is 0 Å². The summed E-state index contributed by atoms with van der Waals surface area (Å²) >= 11 is 0. The molecule has 0 aromatic heterocycles. The monoisotopic (exact) mass is 338 g/mol. The lowest BCUT2D eigenvalue weighted by molar-refractivity contribution is 0.305. The van der Waals surface area contributed by atoms with E-state index in [9.17, 15) is 8.42 Å². The summed E-state index contributed by atoms with van der Waals surface area (Å²) in [4.78, 5) is 0.337. The molecule has 0 amide bonds. The molecule has 0 aliphatic carbocycles. The topological polar surface area (TPSA) is 43.4 Å². The molecule has 0 fully saturated rings. The van der Waals surface area contributed by atoms with Gasteiger partial charge in [0.2, 0.25) is 0 Å². The van der Waals surface area contributed by atoms with Crippen LogP contribution in [-0.2, 0) is 22.2 Å². The van der Waals surface area contributed by atoms with Crippen molar-refractivity contribution >= 4 is 9.84 Å². The first-order valence-electron chi connectivity index (χ1n) is 7.67. The van der Waals surface area contributed by atoms with Crippen LogP contribution in [0.4, 0.5) is 0 Å². The summed E-state index contributed by atoms with van der Waals surface area (Å²) in [5, 5.41) is 0. The van der Waals surface area contributed by atoms with Gasteiger partial charge >= 0.3 is 0 Å². The van der Waals surface area contributed by atoms with Crippen LogP contribution in [0.2, 0.25) is 0 Å². The lowest BCUT2D eigenvalue weighted by Gasteiger charge is -2.12. The molecule has 0 aliphatic rings. The highest BCUT2D eigenvalue weighted by Crippen LogP contribution is 2.20. The minimum Gasteiger partial charge on any atom is -0.489 e. The highest BCUT2D eigenvalue weighted by Gasteiger charge is 2.17. The Hall–Kier alpha value is -2.59. The summed E-state index contributed by atoms with van der Waals surface area (Å²) in [6, 6.07) is 25.5. The Morgan fingerprint density at radius 2 is 1.21 bits per heavy atom. The molecule has 0 N–H and O–H groups in total. The fourth-order valence-electron chi connectivity index (χ4n) is 2.43. The first kappa shape index (κ1) is 16.3. The number of hydrogen-bond acceptors (Lipinski definition) is 3. The van der Waals surface area contributed by atoms with Gasteiger partial charge in [0, 0.05) is 0 Å². The van der Waals surface area contributed by atoms with Crippen molar-refractivity contribution in [3.05, 3.63) is 96.1 Å². The van der Waals surface area contributed by atoms with Gasteiger partial charge in [-0.2, -0.15) is 0 Å². The molecule has 0 saturated carbocycles. The van der Waals surface area contributed by atoms with Crippen molar-refractivity contribution in [2.45, 2.75) is 17.3 Å². The number of hydrogen-bond donors (Lipinski definition) is 0. The molecule has 3 rings (SSSR count). The molecule has 0 unspecified atom stereocenters. The molecule has 0 spiro atoms. The van der Waals surface area contributed by atoms with E-state index in [4.69, 9.17) is 4.74 Å². The number of sulfone groups is 1. The molecule has 0 radical (unpaired) electrons. The van der Waals surface area contributed by atoms with Gasteiger partial charge in [0.1, 0.15) is 12.4 Å². The van der Waals surface area contributed by atoms with Crippen molar-refractivity contribution in [3.63, 3.8) is 0 Å². The summed E-state index contributed by atoms with van der Waals surface area (Å²) in [6.45, 7) is 0.338. The second kappa shape index (κ2) is 7.32. The molecule has 0 saturated heterocycles. The highest BCUT2D eigenvalue weighted by atomic mass is 32.2. The molecule has 3 aromatic carbocycles. The molecule has 4 heteroatoms. The predicted octanol–water partition coefficient (Wildman–Crippen LogP) is 4.24. The zero-order chi connectivity index (χ0) is 16.8. The van der Waals surface area contributed by atoms with Gasteiger partial charge < -0.3 is 4.74 Å². The Labute approximate surface area is 142 Å². The fraction of sp³-hybridized carbons (Fsp3) is 0.100. The third-order valence-electron chi connectivity index (χ3n) is 3.70. The third-order valence-corrected chi connectivity index (χ3v) is 5.39. The summed E-state index contributed by atoms with van der Waals surface area (Å²) in [5.41, 5.74) is 1.64. The van der Waals surface area contributed by atoms with E-state index in [1.54, 1.807) is 30.3 Å². The standard InChI is InChI=1S/C20H18O3S/c21-24(22,20-13-5-2-6-14-20)16-18-10-8-7-9-17(18)15-23-19-11-3-1-4-12-19/h1-14H,15-16H2. The second-order valence-corrected chi connectivity index (χ2v) is 7.43. The second-order valence-electron chi connectivity index (χ2n) is 5.44. The summed E-state index contributed by atoms with van der Waals surface area (Å²) in [6.07, 6.45) is 0. The van der Waals surface area contributed by atoms with Crippen LogP contribution in [0.5, 0.6) is 5.75 Å². The summed E-state index contributed by atoms with van der Waals surface area (Å²) in [5.74, 6) is 0.726. The summed E-state index contributed by atoms with van der Waals surface area (Å²) in [7, 11) is -3.37. The Kier molecular flexibility index (Phi) is 4.96. The Bertz CT molecular complexity index is 888. The maximum absolute atomic E-state index is 12.6. The van der Waals surface area contributed by atoms with E-state index < -0.39 is 9.84 Å². The molecule has 0 bridgehead atoms. The van der Waals surface area contributed by atoms with Crippen LogP contribution < -0.4 is 4.74 Å². The van der Waals surface area contributed by atoms with Gasteiger partial charge in [0.15, 0.2) is 9.84 Å². The number of ether oxygens (including phenoxy) is 1. The van der Waals surface area contributed by atoms with Crippen molar-refractivity contribution in [1.29, 1.82) is 0 Å². The first-order valence-corrected chi connectivity index (χ1v) is 9.33. The van der Waals surface area contributed by atoms with Gasteiger partial charge in [0.25, 0.3) is 0 Å². The normalized spacial score (nSPS) is 11.2. The van der Waals surface area contributed by atoms with Crippen molar-refractivity contribution in [1.82, 2.24) is 0 Å². The number of rotatable bonds is 6. The van der Waals surface area contributed by atoms with Crippen LogP contribution in [0.3, 0.4) is 0 Å². The van der Waals surface area contributed by atoms with Gasteiger partial charge in [-0.05, 0) is 35.4 Å². The lowest BCUT2D eigenvalue weighted by Crippen LogP contribution is -2.08. The molecular formula is C20H18O3S. The van der Waals surface area contributed by atoms with Crippen molar-refractivity contribution in [2.24, 2.45) is 0 Å². The first-order chi connectivity index (χ1) is 11.6. The largest absolute Gasteiger partial charge is 0.489 e. The van der Waals surface area contributed by atoms with E-state index >= 15 is 0 Å². The van der Waals surface area contributed by atoms with E-state index in [0.29, 0.717) is 11.5 Å². The predicted molar refractivity (Wildman–Crippen MR) is 94.5 cm³/mol. The minimum absolute atomic E-state index is 0.0364.